The standard InChI is InChI=1S/C20H20F2N2O2/c1-3-12-6-4-5-11(2)18(12)24-20(26)15-10-14(15)19(25)23-17-8-7-13(21)9-16(17)22/h4-9,14-15H,3,10H2,1-2H3,(H,23,25)(H,24,26). The monoisotopic (exact) mass is 358 g/mol. The Labute approximate surface area is 150 Å². The molecule has 0 aliphatic heterocycles. The minimum atomic E-state index is -0.840. The Kier molecular flexibility index (Phi) is 5.02. The number of hydrogen-bond donors (Lipinski definition) is 2. The fourth-order valence-electron chi connectivity index (χ4n) is 3.01. The molecule has 0 bridgehead atoms. The summed E-state index contributed by atoms with van der Waals surface area (Å²) in [6.07, 6.45) is 1.20. The van der Waals surface area contributed by atoms with E-state index >= 15 is 0 Å². The van der Waals surface area contributed by atoms with Crippen molar-refractivity contribution in [2.75, 3.05) is 10.6 Å². The van der Waals surface area contributed by atoms with E-state index in [4.69, 9.17) is 0 Å². The molecule has 0 aromatic heterocycles. The number of hydrogen-bond acceptors (Lipinski definition) is 2. The molecule has 1 aliphatic carbocycles. The Bertz CT molecular complexity index is 867. The summed E-state index contributed by atoms with van der Waals surface area (Å²) in [5.41, 5.74) is 2.70. The first-order valence-electron chi connectivity index (χ1n) is 8.56. The lowest BCUT2D eigenvalue weighted by atomic mass is 10.1. The van der Waals surface area contributed by atoms with Gasteiger partial charge in [0.1, 0.15) is 11.6 Å². The predicted octanol–water partition coefficient (Wildman–Crippen LogP) is 4.05. The third kappa shape index (κ3) is 3.74. The molecular formula is C20H20F2N2O2. The molecule has 0 saturated heterocycles. The molecule has 2 N–H and O–H groups in total. The summed E-state index contributed by atoms with van der Waals surface area (Å²) >= 11 is 0. The van der Waals surface area contributed by atoms with Crippen LogP contribution < -0.4 is 10.6 Å². The highest BCUT2D eigenvalue weighted by Crippen LogP contribution is 2.40. The Morgan fingerprint density at radius 3 is 2.42 bits per heavy atom. The van der Waals surface area contributed by atoms with Gasteiger partial charge >= 0.3 is 0 Å². The van der Waals surface area contributed by atoms with Gasteiger partial charge in [0.05, 0.1) is 17.5 Å². The molecule has 0 heterocycles. The molecule has 1 aliphatic rings. The minimum absolute atomic E-state index is 0.0883. The van der Waals surface area contributed by atoms with E-state index in [0.717, 1.165) is 29.3 Å². The number of para-hydroxylation sites is 1. The fraction of sp³-hybridized carbons (Fsp3) is 0.300. The van der Waals surface area contributed by atoms with E-state index in [-0.39, 0.29) is 11.6 Å². The molecule has 0 spiro atoms. The van der Waals surface area contributed by atoms with Crippen molar-refractivity contribution in [2.24, 2.45) is 11.8 Å². The average Bonchev–Trinajstić information content (AvgIpc) is 3.40. The van der Waals surface area contributed by atoms with Crippen molar-refractivity contribution in [1.29, 1.82) is 0 Å². The van der Waals surface area contributed by atoms with Crippen LogP contribution in [0.1, 0.15) is 24.5 Å². The Morgan fingerprint density at radius 2 is 1.77 bits per heavy atom. The first-order valence-corrected chi connectivity index (χ1v) is 8.56. The first kappa shape index (κ1) is 18.0. The summed E-state index contributed by atoms with van der Waals surface area (Å²) in [6, 6.07) is 8.76. The predicted molar refractivity (Wildman–Crippen MR) is 95.8 cm³/mol. The summed E-state index contributed by atoms with van der Waals surface area (Å²) in [5, 5.41) is 5.34. The van der Waals surface area contributed by atoms with Crippen molar-refractivity contribution in [3.63, 3.8) is 0 Å². The molecule has 2 amide bonds. The minimum Gasteiger partial charge on any atom is -0.325 e. The van der Waals surface area contributed by atoms with Gasteiger partial charge in [0, 0.05) is 11.8 Å². The van der Waals surface area contributed by atoms with Gasteiger partial charge in [-0.05, 0) is 43.0 Å². The van der Waals surface area contributed by atoms with Gasteiger partial charge in [-0.25, -0.2) is 8.78 Å². The van der Waals surface area contributed by atoms with Crippen LogP contribution in [0.5, 0.6) is 0 Å². The van der Waals surface area contributed by atoms with Gasteiger partial charge in [-0.1, -0.05) is 25.1 Å². The van der Waals surface area contributed by atoms with Crippen LogP contribution in [0.25, 0.3) is 0 Å². The zero-order valence-electron chi connectivity index (χ0n) is 14.6. The number of carbonyl (C=O) groups excluding carboxylic acids is 2. The number of rotatable bonds is 5. The number of aryl methyl sites for hydroxylation is 2. The third-order valence-corrected chi connectivity index (χ3v) is 4.64. The number of halogens is 2. The first-order chi connectivity index (χ1) is 12.4. The van der Waals surface area contributed by atoms with E-state index in [0.29, 0.717) is 12.5 Å². The highest BCUT2D eigenvalue weighted by Gasteiger charge is 2.48. The summed E-state index contributed by atoms with van der Waals surface area (Å²) in [4.78, 5) is 24.7. The quantitative estimate of drug-likeness (QED) is 0.847. The average molecular weight is 358 g/mol. The van der Waals surface area contributed by atoms with Gasteiger partial charge in [-0.3, -0.25) is 9.59 Å². The van der Waals surface area contributed by atoms with Crippen LogP contribution in [0.4, 0.5) is 20.2 Å². The lowest BCUT2D eigenvalue weighted by molar-refractivity contribution is -0.122. The second-order valence-corrected chi connectivity index (χ2v) is 6.51. The van der Waals surface area contributed by atoms with Crippen LogP contribution in [-0.2, 0) is 16.0 Å². The molecule has 26 heavy (non-hydrogen) atoms. The van der Waals surface area contributed by atoms with Crippen molar-refractivity contribution in [2.45, 2.75) is 26.7 Å². The van der Waals surface area contributed by atoms with E-state index in [2.05, 4.69) is 10.6 Å². The smallest absolute Gasteiger partial charge is 0.228 e. The number of carbonyl (C=O) groups is 2. The van der Waals surface area contributed by atoms with Crippen molar-refractivity contribution in [3.05, 3.63) is 59.2 Å². The SMILES string of the molecule is CCc1cccc(C)c1NC(=O)C1CC1C(=O)Nc1ccc(F)cc1F. The van der Waals surface area contributed by atoms with Crippen molar-refractivity contribution >= 4 is 23.2 Å². The van der Waals surface area contributed by atoms with Gasteiger partial charge < -0.3 is 10.6 Å². The molecule has 2 aromatic carbocycles. The second kappa shape index (κ2) is 7.23. The van der Waals surface area contributed by atoms with Gasteiger partial charge in [-0.15, -0.1) is 0 Å². The molecule has 0 radical (unpaired) electrons. The lowest BCUT2D eigenvalue weighted by Crippen LogP contribution is -2.21. The number of anilines is 2. The molecule has 1 saturated carbocycles. The molecule has 3 rings (SSSR count). The van der Waals surface area contributed by atoms with Gasteiger partial charge in [0.25, 0.3) is 0 Å². The zero-order valence-corrected chi connectivity index (χ0v) is 14.6. The maximum absolute atomic E-state index is 13.6. The summed E-state index contributed by atoms with van der Waals surface area (Å²) in [6.45, 7) is 3.93. The molecular weight excluding hydrogens is 338 g/mol. The van der Waals surface area contributed by atoms with Gasteiger partial charge in [0.2, 0.25) is 11.8 Å². The molecule has 2 unspecified atom stereocenters. The van der Waals surface area contributed by atoms with Crippen molar-refractivity contribution in [3.8, 4) is 0 Å². The van der Waals surface area contributed by atoms with E-state index in [1.807, 2.05) is 32.0 Å². The van der Waals surface area contributed by atoms with Crippen LogP contribution in [0.3, 0.4) is 0 Å². The third-order valence-electron chi connectivity index (χ3n) is 4.64. The molecule has 4 nitrogen and oxygen atoms in total. The van der Waals surface area contributed by atoms with Crippen LogP contribution in [0, 0.1) is 30.4 Å². The van der Waals surface area contributed by atoms with E-state index in [1.54, 1.807) is 0 Å². The maximum atomic E-state index is 13.6. The molecule has 1 fully saturated rings. The number of benzene rings is 2. The van der Waals surface area contributed by atoms with E-state index in [9.17, 15) is 18.4 Å². The summed E-state index contributed by atoms with van der Waals surface area (Å²) < 4.78 is 26.6. The van der Waals surface area contributed by atoms with Crippen molar-refractivity contribution in [1.82, 2.24) is 0 Å². The van der Waals surface area contributed by atoms with Crippen molar-refractivity contribution < 1.29 is 18.4 Å². The molecule has 136 valence electrons. The van der Waals surface area contributed by atoms with Gasteiger partial charge in [0.15, 0.2) is 0 Å². The lowest BCUT2D eigenvalue weighted by Gasteiger charge is -2.13. The largest absolute Gasteiger partial charge is 0.325 e. The van der Waals surface area contributed by atoms with Crippen LogP contribution in [0.2, 0.25) is 0 Å². The summed E-state index contributed by atoms with van der Waals surface area (Å²) in [5.74, 6) is -3.15. The fourth-order valence-corrected chi connectivity index (χ4v) is 3.01. The van der Waals surface area contributed by atoms with E-state index in [1.165, 1.54) is 6.07 Å². The zero-order chi connectivity index (χ0) is 18.8. The van der Waals surface area contributed by atoms with Gasteiger partial charge in [-0.2, -0.15) is 0 Å². The van der Waals surface area contributed by atoms with Crippen LogP contribution >= 0.6 is 0 Å². The number of amides is 2. The molecule has 2 atom stereocenters. The summed E-state index contributed by atoms with van der Waals surface area (Å²) in [7, 11) is 0. The second-order valence-electron chi connectivity index (χ2n) is 6.51. The topological polar surface area (TPSA) is 58.2 Å². The highest BCUT2D eigenvalue weighted by molar-refractivity contribution is 6.03. The maximum Gasteiger partial charge on any atom is 0.228 e. The Morgan fingerprint density at radius 1 is 1.08 bits per heavy atom. The number of nitrogens with one attached hydrogen (secondary N) is 2. The van der Waals surface area contributed by atoms with E-state index < -0.39 is 29.4 Å². The van der Waals surface area contributed by atoms with Crippen LogP contribution in [-0.4, -0.2) is 11.8 Å². The molecule has 2 aromatic rings. The normalized spacial score (nSPS) is 18.3. The van der Waals surface area contributed by atoms with Crippen LogP contribution in [0.15, 0.2) is 36.4 Å². The highest BCUT2D eigenvalue weighted by atomic mass is 19.1. The molecule has 6 heteroatoms. The Balaban J connectivity index is 1.63. The Hall–Kier alpha value is -2.76.